The lowest BCUT2D eigenvalue weighted by Gasteiger charge is -2.35. The summed E-state index contributed by atoms with van der Waals surface area (Å²) in [5.41, 5.74) is 2.56. The zero-order valence-electron chi connectivity index (χ0n) is 18.1. The van der Waals surface area contributed by atoms with Crippen LogP contribution in [0.2, 0.25) is 0 Å². The highest BCUT2D eigenvalue weighted by molar-refractivity contribution is 5.96. The average molecular weight is 423 g/mol. The predicted octanol–water partition coefficient (Wildman–Crippen LogP) is 3.41. The number of piperazine rings is 1. The van der Waals surface area contributed by atoms with Crippen molar-refractivity contribution in [3.05, 3.63) is 65.2 Å². The van der Waals surface area contributed by atoms with E-state index in [1.54, 1.807) is 12.1 Å². The molecule has 31 heavy (non-hydrogen) atoms. The summed E-state index contributed by atoms with van der Waals surface area (Å²) in [5.74, 6) is 0.768. The number of carbonyl (C=O) groups is 2. The van der Waals surface area contributed by atoms with Gasteiger partial charge in [0.1, 0.15) is 12.4 Å². The second-order valence-corrected chi connectivity index (χ2v) is 8.11. The van der Waals surface area contributed by atoms with Crippen molar-refractivity contribution in [2.24, 2.45) is 0 Å². The molecule has 2 aromatic rings. The van der Waals surface area contributed by atoms with E-state index in [2.05, 4.69) is 6.92 Å². The van der Waals surface area contributed by atoms with E-state index >= 15 is 0 Å². The average Bonchev–Trinajstić information content (AvgIpc) is 3.36. The molecule has 2 amide bonds. The van der Waals surface area contributed by atoms with Gasteiger partial charge in [0.25, 0.3) is 11.8 Å². The topological polar surface area (TPSA) is 59.1 Å². The zero-order valence-corrected chi connectivity index (χ0v) is 18.1. The first-order valence-electron chi connectivity index (χ1n) is 11.2. The molecule has 0 spiro atoms. The van der Waals surface area contributed by atoms with Crippen molar-refractivity contribution in [1.82, 2.24) is 9.80 Å². The van der Waals surface area contributed by atoms with Crippen molar-refractivity contribution in [2.45, 2.75) is 32.3 Å². The summed E-state index contributed by atoms with van der Waals surface area (Å²) < 4.78 is 11.3. The number of nitrogens with zero attached hydrogens (tertiary/aromatic N) is 2. The largest absolute Gasteiger partial charge is 0.491 e. The van der Waals surface area contributed by atoms with Gasteiger partial charge in [0.15, 0.2) is 0 Å². The summed E-state index contributed by atoms with van der Waals surface area (Å²) in [7, 11) is 0. The standard InChI is InChI=1S/C25H30N2O4/c1-2-19-5-7-20(8-6-19)24(28)26-13-15-27(16-14-26)25(29)21-9-11-22(12-10-21)31-18-23-4-3-17-30-23/h5-12,23H,2-4,13-18H2,1H3. The van der Waals surface area contributed by atoms with Crippen LogP contribution in [0.15, 0.2) is 48.5 Å². The number of benzene rings is 2. The van der Waals surface area contributed by atoms with Crippen LogP contribution in [0.5, 0.6) is 5.75 Å². The third kappa shape index (κ3) is 5.25. The Kier molecular flexibility index (Phi) is 6.87. The van der Waals surface area contributed by atoms with Crippen molar-refractivity contribution >= 4 is 11.8 Å². The van der Waals surface area contributed by atoms with Crippen LogP contribution < -0.4 is 4.74 Å². The van der Waals surface area contributed by atoms with E-state index in [4.69, 9.17) is 9.47 Å². The number of hydrogen-bond acceptors (Lipinski definition) is 4. The fourth-order valence-electron chi connectivity index (χ4n) is 4.02. The molecule has 2 aliphatic heterocycles. The van der Waals surface area contributed by atoms with E-state index in [1.807, 2.05) is 46.2 Å². The molecule has 0 aromatic heterocycles. The molecule has 0 radical (unpaired) electrons. The highest BCUT2D eigenvalue weighted by atomic mass is 16.5. The van der Waals surface area contributed by atoms with Gasteiger partial charge in [0.2, 0.25) is 0 Å². The summed E-state index contributed by atoms with van der Waals surface area (Å²) in [6, 6.07) is 15.1. The van der Waals surface area contributed by atoms with Crippen LogP contribution in [-0.4, -0.2) is 67.1 Å². The van der Waals surface area contributed by atoms with Crippen molar-refractivity contribution in [3.8, 4) is 5.75 Å². The molecule has 2 saturated heterocycles. The van der Waals surface area contributed by atoms with Crippen molar-refractivity contribution in [1.29, 1.82) is 0 Å². The van der Waals surface area contributed by atoms with Crippen LogP contribution in [0.4, 0.5) is 0 Å². The van der Waals surface area contributed by atoms with Crippen LogP contribution in [0.1, 0.15) is 46.0 Å². The summed E-state index contributed by atoms with van der Waals surface area (Å²) in [6.07, 6.45) is 3.25. The zero-order chi connectivity index (χ0) is 21.6. The molecular formula is C25H30N2O4. The Morgan fingerprint density at radius 1 is 0.903 bits per heavy atom. The molecule has 0 saturated carbocycles. The Hall–Kier alpha value is -2.86. The molecule has 0 aliphatic carbocycles. The van der Waals surface area contributed by atoms with Crippen LogP contribution >= 0.6 is 0 Å². The number of rotatable bonds is 6. The number of ether oxygens (including phenoxy) is 2. The van der Waals surface area contributed by atoms with Gasteiger partial charge in [-0.15, -0.1) is 0 Å². The molecule has 0 N–H and O–H groups in total. The maximum absolute atomic E-state index is 12.9. The van der Waals surface area contributed by atoms with Crippen LogP contribution in [-0.2, 0) is 11.2 Å². The predicted molar refractivity (Wildman–Crippen MR) is 119 cm³/mol. The molecule has 164 valence electrons. The Morgan fingerprint density at radius 2 is 1.45 bits per heavy atom. The minimum atomic E-state index is -0.00919. The first kappa shape index (κ1) is 21.4. The summed E-state index contributed by atoms with van der Waals surface area (Å²) in [6.45, 7) is 5.62. The molecule has 2 fully saturated rings. The Balaban J connectivity index is 1.27. The lowest BCUT2D eigenvalue weighted by Crippen LogP contribution is -2.50. The van der Waals surface area contributed by atoms with Gasteiger partial charge in [-0.1, -0.05) is 19.1 Å². The van der Waals surface area contributed by atoms with Crippen LogP contribution in [0.25, 0.3) is 0 Å². The van der Waals surface area contributed by atoms with Crippen molar-refractivity contribution in [3.63, 3.8) is 0 Å². The van der Waals surface area contributed by atoms with Gasteiger partial charge in [0.05, 0.1) is 6.10 Å². The number of aryl methyl sites for hydroxylation is 1. The van der Waals surface area contributed by atoms with Gasteiger partial charge < -0.3 is 19.3 Å². The van der Waals surface area contributed by atoms with Gasteiger partial charge >= 0.3 is 0 Å². The van der Waals surface area contributed by atoms with Crippen LogP contribution in [0, 0.1) is 0 Å². The second-order valence-electron chi connectivity index (χ2n) is 8.11. The number of hydrogen-bond donors (Lipinski definition) is 0. The molecule has 1 unspecified atom stereocenters. The third-order valence-corrected chi connectivity index (χ3v) is 6.02. The molecule has 4 rings (SSSR count). The fourth-order valence-corrected chi connectivity index (χ4v) is 4.02. The number of carbonyl (C=O) groups excluding carboxylic acids is 2. The smallest absolute Gasteiger partial charge is 0.253 e. The molecule has 6 nitrogen and oxygen atoms in total. The molecule has 2 heterocycles. The quantitative estimate of drug-likeness (QED) is 0.716. The van der Waals surface area contributed by atoms with Gasteiger partial charge in [-0.25, -0.2) is 0 Å². The molecule has 2 aromatic carbocycles. The molecule has 0 bridgehead atoms. The van der Waals surface area contributed by atoms with Gasteiger partial charge in [-0.05, 0) is 61.2 Å². The normalized spacial score (nSPS) is 18.8. The summed E-state index contributed by atoms with van der Waals surface area (Å²) in [4.78, 5) is 29.2. The summed E-state index contributed by atoms with van der Waals surface area (Å²) >= 11 is 0. The van der Waals surface area contributed by atoms with E-state index in [9.17, 15) is 9.59 Å². The summed E-state index contributed by atoms with van der Waals surface area (Å²) in [5, 5.41) is 0. The Labute approximate surface area is 183 Å². The van der Waals surface area contributed by atoms with Crippen LogP contribution in [0.3, 0.4) is 0 Å². The fraction of sp³-hybridized carbons (Fsp3) is 0.440. The van der Waals surface area contributed by atoms with Gasteiger partial charge in [0, 0.05) is 43.9 Å². The maximum atomic E-state index is 12.9. The maximum Gasteiger partial charge on any atom is 0.253 e. The second kappa shape index (κ2) is 9.96. The minimum Gasteiger partial charge on any atom is -0.491 e. The molecule has 1 atom stereocenters. The Bertz CT molecular complexity index is 881. The molecule has 6 heteroatoms. The first-order valence-corrected chi connectivity index (χ1v) is 11.2. The number of amides is 2. The first-order chi connectivity index (χ1) is 15.1. The van der Waals surface area contributed by atoms with Crippen molar-refractivity contribution < 1.29 is 19.1 Å². The highest BCUT2D eigenvalue weighted by Crippen LogP contribution is 2.18. The lowest BCUT2D eigenvalue weighted by molar-refractivity contribution is 0.0535. The SMILES string of the molecule is CCc1ccc(C(=O)N2CCN(C(=O)c3ccc(OCC4CCCO4)cc3)CC2)cc1. The van der Waals surface area contributed by atoms with E-state index in [-0.39, 0.29) is 17.9 Å². The third-order valence-electron chi connectivity index (χ3n) is 6.02. The van der Waals surface area contributed by atoms with E-state index in [0.29, 0.717) is 43.9 Å². The van der Waals surface area contributed by atoms with E-state index in [1.165, 1.54) is 5.56 Å². The van der Waals surface area contributed by atoms with Crippen molar-refractivity contribution in [2.75, 3.05) is 39.4 Å². The van der Waals surface area contributed by atoms with E-state index < -0.39 is 0 Å². The minimum absolute atomic E-state index is 0.00919. The Morgan fingerprint density at radius 3 is 1.94 bits per heavy atom. The van der Waals surface area contributed by atoms with Gasteiger partial charge in [-0.2, -0.15) is 0 Å². The lowest BCUT2D eigenvalue weighted by atomic mass is 10.1. The molecular weight excluding hydrogens is 392 g/mol. The van der Waals surface area contributed by atoms with E-state index in [0.717, 1.165) is 31.6 Å². The van der Waals surface area contributed by atoms with Gasteiger partial charge in [-0.3, -0.25) is 9.59 Å². The highest BCUT2D eigenvalue weighted by Gasteiger charge is 2.25. The molecule has 2 aliphatic rings. The monoisotopic (exact) mass is 422 g/mol.